The highest BCUT2D eigenvalue weighted by Gasteiger charge is 2.15. The highest BCUT2D eigenvalue weighted by molar-refractivity contribution is 5.71. The Morgan fingerprint density at radius 2 is 1.96 bits per heavy atom. The summed E-state index contributed by atoms with van der Waals surface area (Å²) in [6.07, 6.45) is 1.54. The van der Waals surface area contributed by atoms with E-state index in [0.29, 0.717) is 0 Å². The maximum Gasteiger partial charge on any atom is 0.274 e. The summed E-state index contributed by atoms with van der Waals surface area (Å²) in [5.41, 5.74) is 7.36. The van der Waals surface area contributed by atoms with Gasteiger partial charge in [0.2, 0.25) is 0 Å². The van der Waals surface area contributed by atoms with Gasteiger partial charge in [0.05, 0.1) is 18.5 Å². The standard InChI is InChI=1S/C21H23N5O2/c1-12-20(15-6-5-7-17(10-15)28-4)25-26-19(27)11-16(22-21(12)26)8-9-18-13(2)23-24-14(18)3/h5-7,10-11,22H,8-9H2,1-4H3,(H,23,24). The summed E-state index contributed by atoms with van der Waals surface area (Å²) >= 11 is 0. The first-order valence-corrected chi connectivity index (χ1v) is 9.24. The number of hydrogen-bond donors (Lipinski definition) is 2. The minimum atomic E-state index is -0.137. The Bertz CT molecular complexity index is 1200. The van der Waals surface area contributed by atoms with Crippen molar-refractivity contribution >= 4 is 5.65 Å². The van der Waals surface area contributed by atoms with Gasteiger partial charge in [0.15, 0.2) is 0 Å². The zero-order chi connectivity index (χ0) is 19.8. The monoisotopic (exact) mass is 377 g/mol. The second kappa shape index (κ2) is 6.99. The molecule has 28 heavy (non-hydrogen) atoms. The van der Waals surface area contributed by atoms with Crippen LogP contribution in [-0.2, 0) is 12.8 Å². The maximum atomic E-state index is 12.7. The fraction of sp³-hybridized carbons (Fsp3) is 0.286. The number of aryl methyl sites for hydroxylation is 4. The van der Waals surface area contributed by atoms with Crippen LogP contribution in [-0.4, -0.2) is 31.9 Å². The number of fused-ring (bicyclic) bond motifs is 1. The summed E-state index contributed by atoms with van der Waals surface area (Å²) in [4.78, 5) is 16.0. The Labute approximate surface area is 162 Å². The van der Waals surface area contributed by atoms with Crippen LogP contribution in [0, 0.1) is 20.8 Å². The van der Waals surface area contributed by atoms with Gasteiger partial charge in [-0.1, -0.05) is 12.1 Å². The maximum absolute atomic E-state index is 12.7. The smallest absolute Gasteiger partial charge is 0.274 e. The van der Waals surface area contributed by atoms with Crippen LogP contribution in [0.15, 0.2) is 35.1 Å². The van der Waals surface area contributed by atoms with Crippen LogP contribution >= 0.6 is 0 Å². The second-order valence-corrected chi connectivity index (χ2v) is 7.01. The number of rotatable bonds is 5. The summed E-state index contributed by atoms with van der Waals surface area (Å²) in [7, 11) is 1.63. The van der Waals surface area contributed by atoms with Crippen molar-refractivity contribution in [2.24, 2.45) is 0 Å². The molecular weight excluding hydrogens is 354 g/mol. The van der Waals surface area contributed by atoms with Crippen molar-refractivity contribution in [1.82, 2.24) is 24.8 Å². The Morgan fingerprint density at radius 1 is 1.14 bits per heavy atom. The number of aromatic nitrogens is 5. The van der Waals surface area contributed by atoms with Crippen molar-refractivity contribution in [3.8, 4) is 17.0 Å². The molecule has 0 bridgehead atoms. The minimum absolute atomic E-state index is 0.137. The predicted octanol–water partition coefficient (Wildman–Crippen LogP) is 3.13. The van der Waals surface area contributed by atoms with E-state index in [1.54, 1.807) is 13.2 Å². The molecule has 144 valence electrons. The summed E-state index contributed by atoms with van der Waals surface area (Å²) in [6.45, 7) is 5.98. The Kier molecular flexibility index (Phi) is 4.50. The number of methoxy groups -OCH3 is 1. The molecule has 0 saturated heterocycles. The first kappa shape index (κ1) is 18.0. The molecule has 7 nitrogen and oxygen atoms in total. The molecule has 0 fully saturated rings. The molecular formula is C21H23N5O2. The molecule has 0 aliphatic heterocycles. The highest BCUT2D eigenvalue weighted by atomic mass is 16.5. The zero-order valence-corrected chi connectivity index (χ0v) is 16.5. The topological polar surface area (TPSA) is 88.1 Å². The molecule has 0 atom stereocenters. The van der Waals surface area contributed by atoms with Gasteiger partial charge in [-0.2, -0.15) is 14.7 Å². The average Bonchev–Trinajstić information content (AvgIpc) is 3.20. The molecule has 0 radical (unpaired) electrons. The first-order chi connectivity index (χ1) is 13.5. The number of ether oxygens (including phenoxy) is 1. The van der Waals surface area contributed by atoms with E-state index in [2.05, 4.69) is 20.3 Å². The third-order valence-corrected chi connectivity index (χ3v) is 5.18. The third-order valence-electron chi connectivity index (χ3n) is 5.18. The van der Waals surface area contributed by atoms with E-state index in [0.717, 1.165) is 58.1 Å². The van der Waals surface area contributed by atoms with Crippen LogP contribution in [0.1, 0.15) is 28.2 Å². The predicted molar refractivity (Wildman–Crippen MR) is 108 cm³/mol. The molecule has 4 rings (SSSR count). The minimum Gasteiger partial charge on any atom is -0.497 e. The lowest BCUT2D eigenvalue weighted by molar-refractivity contribution is 0.415. The lowest BCUT2D eigenvalue weighted by Gasteiger charge is -2.04. The molecule has 3 heterocycles. The van der Waals surface area contributed by atoms with E-state index in [-0.39, 0.29) is 5.56 Å². The van der Waals surface area contributed by atoms with Gasteiger partial charge in [0.25, 0.3) is 5.56 Å². The van der Waals surface area contributed by atoms with Crippen LogP contribution in [0.3, 0.4) is 0 Å². The zero-order valence-electron chi connectivity index (χ0n) is 16.5. The van der Waals surface area contributed by atoms with Crippen molar-refractivity contribution in [1.29, 1.82) is 0 Å². The van der Waals surface area contributed by atoms with E-state index < -0.39 is 0 Å². The number of hydrogen-bond acceptors (Lipinski definition) is 4. The molecule has 7 heteroatoms. The molecule has 0 unspecified atom stereocenters. The van der Waals surface area contributed by atoms with E-state index in [1.807, 2.05) is 45.0 Å². The Hall–Kier alpha value is -3.35. The van der Waals surface area contributed by atoms with Gasteiger partial charge in [0, 0.05) is 28.6 Å². The van der Waals surface area contributed by atoms with E-state index >= 15 is 0 Å². The SMILES string of the molecule is COc1cccc(-c2nn3c(=O)cc(CCc4c(C)n[nH]c4C)[nH]c3c2C)c1. The average molecular weight is 377 g/mol. The van der Waals surface area contributed by atoms with E-state index in [4.69, 9.17) is 4.74 Å². The molecule has 2 N–H and O–H groups in total. The van der Waals surface area contributed by atoms with E-state index in [9.17, 15) is 4.79 Å². The Morgan fingerprint density at radius 3 is 2.68 bits per heavy atom. The molecule has 1 aromatic carbocycles. The highest BCUT2D eigenvalue weighted by Crippen LogP contribution is 2.27. The van der Waals surface area contributed by atoms with Crippen molar-refractivity contribution < 1.29 is 4.74 Å². The summed E-state index contributed by atoms with van der Waals surface area (Å²) in [6, 6.07) is 9.31. The van der Waals surface area contributed by atoms with Gasteiger partial charge < -0.3 is 9.72 Å². The lowest BCUT2D eigenvalue weighted by Crippen LogP contribution is -2.16. The fourth-order valence-corrected chi connectivity index (χ4v) is 3.58. The Balaban J connectivity index is 1.72. The number of nitrogens with one attached hydrogen (secondary N) is 2. The van der Waals surface area contributed by atoms with Crippen LogP contribution in [0.25, 0.3) is 16.9 Å². The van der Waals surface area contributed by atoms with Crippen molar-refractivity contribution in [2.75, 3.05) is 7.11 Å². The van der Waals surface area contributed by atoms with Crippen LogP contribution in [0.2, 0.25) is 0 Å². The summed E-state index contributed by atoms with van der Waals surface area (Å²) in [5.74, 6) is 0.756. The van der Waals surface area contributed by atoms with Crippen molar-refractivity contribution in [3.05, 3.63) is 68.9 Å². The largest absolute Gasteiger partial charge is 0.497 e. The van der Waals surface area contributed by atoms with Gasteiger partial charge in [-0.3, -0.25) is 9.89 Å². The van der Waals surface area contributed by atoms with Gasteiger partial charge in [-0.25, -0.2) is 0 Å². The number of H-pyrrole nitrogens is 2. The molecule has 0 aliphatic rings. The molecule has 3 aromatic heterocycles. The van der Waals surface area contributed by atoms with Crippen molar-refractivity contribution in [2.45, 2.75) is 33.6 Å². The van der Waals surface area contributed by atoms with Gasteiger partial charge >= 0.3 is 0 Å². The molecule has 4 aromatic rings. The quantitative estimate of drug-likeness (QED) is 0.559. The van der Waals surface area contributed by atoms with Crippen molar-refractivity contribution in [3.63, 3.8) is 0 Å². The van der Waals surface area contributed by atoms with Gasteiger partial charge in [0.1, 0.15) is 11.4 Å². The summed E-state index contributed by atoms with van der Waals surface area (Å²) < 4.78 is 6.74. The fourth-order valence-electron chi connectivity index (χ4n) is 3.58. The van der Waals surface area contributed by atoms with E-state index in [1.165, 1.54) is 10.1 Å². The molecule has 0 saturated carbocycles. The number of nitrogens with zero attached hydrogens (tertiary/aromatic N) is 3. The lowest BCUT2D eigenvalue weighted by atomic mass is 10.1. The summed E-state index contributed by atoms with van der Waals surface area (Å²) in [5, 5.41) is 11.8. The van der Waals surface area contributed by atoms with Gasteiger partial charge in [-0.05, 0) is 51.3 Å². The first-order valence-electron chi connectivity index (χ1n) is 9.24. The molecule has 0 amide bonds. The molecule has 0 aliphatic carbocycles. The van der Waals surface area contributed by atoms with Crippen LogP contribution in [0.4, 0.5) is 0 Å². The number of aromatic amines is 2. The molecule has 0 spiro atoms. The normalized spacial score (nSPS) is 11.3. The third kappa shape index (κ3) is 3.09. The second-order valence-electron chi connectivity index (χ2n) is 7.01. The number of benzene rings is 1. The van der Waals surface area contributed by atoms with Crippen LogP contribution in [0.5, 0.6) is 5.75 Å². The van der Waals surface area contributed by atoms with Gasteiger partial charge in [-0.15, -0.1) is 0 Å². The van der Waals surface area contributed by atoms with Crippen LogP contribution < -0.4 is 10.3 Å².